The number of anilines is 1. The third kappa shape index (κ3) is 3.06. The number of carbonyl (C=O) groups excluding carboxylic acids is 1. The average Bonchev–Trinajstić information content (AvgIpc) is 3.05. The summed E-state index contributed by atoms with van der Waals surface area (Å²) in [4.78, 5) is 27.7. The van der Waals surface area contributed by atoms with Crippen LogP contribution in [0, 0.1) is 0 Å². The summed E-state index contributed by atoms with van der Waals surface area (Å²) in [6.45, 7) is -0.192. The summed E-state index contributed by atoms with van der Waals surface area (Å²) in [7, 11) is 0. The van der Waals surface area contributed by atoms with Gasteiger partial charge in [-0.1, -0.05) is 0 Å². The summed E-state index contributed by atoms with van der Waals surface area (Å²) in [5.74, 6) is 0.0963. The number of carbonyl (C=O) groups is 1. The molecule has 110 valence electrons. The van der Waals surface area contributed by atoms with E-state index in [4.69, 9.17) is 0 Å². The first-order chi connectivity index (χ1) is 10.7. The van der Waals surface area contributed by atoms with Crippen LogP contribution in [0.1, 0.15) is 0 Å². The molecule has 22 heavy (non-hydrogen) atoms. The van der Waals surface area contributed by atoms with Gasteiger partial charge in [-0.2, -0.15) is 5.10 Å². The van der Waals surface area contributed by atoms with Crippen molar-refractivity contribution in [1.82, 2.24) is 24.5 Å². The minimum absolute atomic E-state index is 0.192. The third-order valence-corrected chi connectivity index (χ3v) is 2.83. The predicted octanol–water partition coefficient (Wildman–Crippen LogP) is 0.463. The van der Waals surface area contributed by atoms with Crippen LogP contribution < -0.4 is 10.9 Å². The molecule has 0 spiro atoms. The molecule has 1 N–H and O–H groups in total. The van der Waals surface area contributed by atoms with Crippen LogP contribution in [-0.4, -0.2) is 30.5 Å². The van der Waals surface area contributed by atoms with Gasteiger partial charge in [0.2, 0.25) is 5.91 Å². The van der Waals surface area contributed by atoms with Crippen LogP contribution >= 0.6 is 0 Å². The van der Waals surface area contributed by atoms with Gasteiger partial charge in [-0.05, 0) is 24.3 Å². The lowest BCUT2D eigenvalue weighted by atomic mass is 10.4. The molecule has 8 heteroatoms. The summed E-state index contributed by atoms with van der Waals surface area (Å²) >= 11 is 0. The Bertz CT molecular complexity index is 826. The van der Waals surface area contributed by atoms with E-state index in [2.05, 4.69) is 20.5 Å². The van der Waals surface area contributed by atoms with E-state index >= 15 is 0 Å². The van der Waals surface area contributed by atoms with E-state index in [0.29, 0.717) is 11.5 Å². The third-order valence-electron chi connectivity index (χ3n) is 2.83. The maximum Gasteiger partial charge on any atom is 0.267 e. The largest absolute Gasteiger partial charge is 0.323 e. The Labute approximate surface area is 125 Å². The Balaban J connectivity index is 1.78. The van der Waals surface area contributed by atoms with Crippen LogP contribution in [-0.2, 0) is 11.3 Å². The highest BCUT2D eigenvalue weighted by molar-refractivity contribution is 5.90. The van der Waals surface area contributed by atoms with Crippen LogP contribution in [0.5, 0.6) is 0 Å². The molecule has 0 unspecified atom stereocenters. The Hall–Kier alpha value is -3.29. The molecule has 0 aliphatic heterocycles. The molecular formula is C14H12N6O2. The first-order valence-electron chi connectivity index (χ1n) is 6.50. The number of nitrogens with one attached hydrogen (secondary N) is 1. The molecule has 3 heterocycles. The molecule has 8 nitrogen and oxygen atoms in total. The quantitative estimate of drug-likeness (QED) is 0.755. The van der Waals surface area contributed by atoms with Crippen LogP contribution in [0.4, 0.5) is 5.69 Å². The van der Waals surface area contributed by atoms with Gasteiger partial charge in [-0.25, -0.2) is 9.36 Å². The topological polar surface area (TPSA) is 94.7 Å². The van der Waals surface area contributed by atoms with E-state index in [1.54, 1.807) is 42.9 Å². The SMILES string of the molecule is O=C(Cn1nc(-n2cccn2)ccc1=O)Nc1cccnc1. The number of pyridine rings is 1. The molecule has 0 bridgehead atoms. The maximum absolute atomic E-state index is 12.0. The average molecular weight is 296 g/mol. The summed E-state index contributed by atoms with van der Waals surface area (Å²) in [6, 6.07) is 8.05. The van der Waals surface area contributed by atoms with Crippen LogP contribution in [0.2, 0.25) is 0 Å². The normalized spacial score (nSPS) is 10.4. The van der Waals surface area contributed by atoms with E-state index in [1.807, 2.05) is 0 Å². The second-order valence-electron chi connectivity index (χ2n) is 4.43. The van der Waals surface area contributed by atoms with Gasteiger partial charge in [0.05, 0.1) is 11.9 Å². The Morgan fingerprint density at radius 3 is 2.82 bits per heavy atom. The number of hydrogen-bond donors (Lipinski definition) is 1. The maximum atomic E-state index is 12.0. The number of aromatic nitrogens is 5. The van der Waals surface area contributed by atoms with Crippen LogP contribution in [0.3, 0.4) is 0 Å². The first-order valence-corrected chi connectivity index (χ1v) is 6.50. The second kappa shape index (κ2) is 6.00. The second-order valence-corrected chi connectivity index (χ2v) is 4.43. The van der Waals surface area contributed by atoms with Crippen molar-refractivity contribution in [2.45, 2.75) is 6.54 Å². The number of amides is 1. The summed E-state index contributed by atoms with van der Waals surface area (Å²) < 4.78 is 2.59. The standard InChI is InChI=1S/C14H12N6O2/c21-13(17-11-3-1-6-15-9-11)10-20-14(22)5-4-12(18-20)19-8-2-7-16-19/h1-9H,10H2,(H,17,21). The Morgan fingerprint density at radius 2 is 2.09 bits per heavy atom. The monoisotopic (exact) mass is 296 g/mol. The zero-order chi connectivity index (χ0) is 15.4. The van der Waals surface area contributed by atoms with E-state index in [1.165, 1.54) is 16.9 Å². The van der Waals surface area contributed by atoms with Crippen LogP contribution in [0.15, 0.2) is 59.9 Å². The highest BCUT2D eigenvalue weighted by atomic mass is 16.2. The first kappa shape index (κ1) is 13.7. The van der Waals surface area contributed by atoms with Crippen molar-refractivity contribution < 1.29 is 4.79 Å². The van der Waals surface area contributed by atoms with Crippen molar-refractivity contribution in [2.24, 2.45) is 0 Å². The molecule has 0 saturated carbocycles. The van der Waals surface area contributed by atoms with E-state index in [9.17, 15) is 9.59 Å². The fourth-order valence-electron chi connectivity index (χ4n) is 1.85. The van der Waals surface area contributed by atoms with E-state index < -0.39 is 0 Å². The molecule has 1 amide bonds. The van der Waals surface area contributed by atoms with Gasteiger partial charge >= 0.3 is 0 Å². The van der Waals surface area contributed by atoms with Crippen LogP contribution in [0.25, 0.3) is 5.82 Å². The molecule has 0 aromatic carbocycles. The molecule has 0 saturated heterocycles. The fourth-order valence-corrected chi connectivity index (χ4v) is 1.85. The van der Waals surface area contributed by atoms with E-state index in [0.717, 1.165) is 4.68 Å². The lowest BCUT2D eigenvalue weighted by Crippen LogP contribution is -2.30. The van der Waals surface area contributed by atoms with E-state index in [-0.39, 0.29) is 18.0 Å². The Kier molecular flexibility index (Phi) is 3.73. The smallest absolute Gasteiger partial charge is 0.267 e. The van der Waals surface area contributed by atoms with Crippen molar-refractivity contribution in [3.05, 3.63) is 65.5 Å². The highest BCUT2D eigenvalue weighted by Gasteiger charge is 2.08. The molecule has 0 radical (unpaired) electrons. The molecule has 0 fully saturated rings. The Morgan fingerprint density at radius 1 is 1.18 bits per heavy atom. The minimum Gasteiger partial charge on any atom is -0.323 e. The molecule has 3 aromatic heterocycles. The molecular weight excluding hydrogens is 284 g/mol. The molecule has 3 aromatic rings. The number of hydrogen-bond acceptors (Lipinski definition) is 5. The number of nitrogens with zero attached hydrogens (tertiary/aromatic N) is 5. The molecule has 3 rings (SSSR count). The van der Waals surface area contributed by atoms with Crippen molar-refractivity contribution >= 4 is 11.6 Å². The zero-order valence-electron chi connectivity index (χ0n) is 11.5. The summed E-state index contributed by atoms with van der Waals surface area (Å²) in [6.07, 6.45) is 6.43. The van der Waals surface area contributed by atoms with Crippen molar-refractivity contribution in [3.63, 3.8) is 0 Å². The van der Waals surface area contributed by atoms with Crippen molar-refractivity contribution in [3.8, 4) is 5.82 Å². The fraction of sp³-hybridized carbons (Fsp3) is 0.0714. The van der Waals surface area contributed by atoms with Gasteiger partial charge < -0.3 is 5.32 Å². The predicted molar refractivity (Wildman–Crippen MR) is 78.5 cm³/mol. The minimum atomic E-state index is -0.364. The van der Waals surface area contributed by atoms with Gasteiger partial charge in [-0.15, -0.1) is 5.10 Å². The van der Waals surface area contributed by atoms with Gasteiger partial charge in [-0.3, -0.25) is 14.6 Å². The lowest BCUT2D eigenvalue weighted by molar-refractivity contribution is -0.117. The molecule has 0 aliphatic rings. The summed E-state index contributed by atoms with van der Waals surface area (Å²) in [5, 5.41) is 10.8. The molecule has 0 aliphatic carbocycles. The van der Waals surface area contributed by atoms with Gasteiger partial charge in [0.25, 0.3) is 5.56 Å². The highest BCUT2D eigenvalue weighted by Crippen LogP contribution is 2.03. The lowest BCUT2D eigenvalue weighted by Gasteiger charge is -2.07. The molecule has 0 atom stereocenters. The van der Waals surface area contributed by atoms with Gasteiger partial charge in [0.1, 0.15) is 6.54 Å². The number of rotatable bonds is 4. The van der Waals surface area contributed by atoms with Gasteiger partial charge in [0, 0.05) is 24.7 Å². The van der Waals surface area contributed by atoms with Crippen molar-refractivity contribution in [2.75, 3.05) is 5.32 Å². The van der Waals surface area contributed by atoms with Crippen molar-refractivity contribution in [1.29, 1.82) is 0 Å². The zero-order valence-corrected chi connectivity index (χ0v) is 11.5. The summed E-state index contributed by atoms with van der Waals surface area (Å²) in [5.41, 5.74) is 0.195. The van der Waals surface area contributed by atoms with Gasteiger partial charge in [0.15, 0.2) is 5.82 Å².